The standard InChI is InChI=1S/C15H22N4O2/c1-19(9-13(20)10-21-2)8-12-7-11-5-3-4-6-14(11)17-15(12)18-16/h3-7,13,20H,8-10,16H2,1-2H3,(H,17,18). The number of fused-ring (bicyclic) bond motifs is 1. The van der Waals surface area contributed by atoms with E-state index in [9.17, 15) is 5.11 Å². The van der Waals surface area contributed by atoms with Crippen LogP contribution in [0.15, 0.2) is 30.3 Å². The summed E-state index contributed by atoms with van der Waals surface area (Å²) in [4.78, 5) is 6.52. The molecule has 0 saturated carbocycles. The van der Waals surface area contributed by atoms with Gasteiger partial charge in [0.25, 0.3) is 0 Å². The molecule has 4 N–H and O–H groups in total. The quantitative estimate of drug-likeness (QED) is 0.520. The molecule has 0 aliphatic heterocycles. The van der Waals surface area contributed by atoms with Crippen molar-refractivity contribution in [3.8, 4) is 0 Å². The first-order chi connectivity index (χ1) is 10.1. The van der Waals surface area contributed by atoms with Crippen LogP contribution < -0.4 is 11.3 Å². The molecule has 0 amide bonds. The molecule has 0 bridgehead atoms. The van der Waals surface area contributed by atoms with E-state index in [4.69, 9.17) is 10.6 Å². The van der Waals surface area contributed by atoms with E-state index in [1.807, 2.05) is 36.2 Å². The predicted octanol–water partition coefficient (Wildman–Crippen LogP) is 0.959. The number of methoxy groups -OCH3 is 1. The molecule has 0 radical (unpaired) electrons. The van der Waals surface area contributed by atoms with Gasteiger partial charge in [-0.3, -0.25) is 4.90 Å². The van der Waals surface area contributed by atoms with Gasteiger partial charge in [-0.15, -0.1) is 0 Å². The summed E-state index contributed by atoms with van der Waals surface area (Å²) in [5, 5.41) is 10.8. The number of hydrazine groups is 1. The van der Waals surface area contributed by atoms with Gasteiger partial charge in [0.15, 0.2) is 0 Å². The highest BCUT2D eigenvalue weighted by Gasteiger charge is 2.12. The van der Waals surface area contributed by atoms with Gasteiger partial charge in [-0.1, -0.05) is 18.2 Å². The zero-order valence-electron chi connectivity index (χ0n) is 12.4. The molecule has 0 fully saturated rings. The number of likely N-dealkylation sites (N-methyl/N-ethyl adjacent to an activating group) is 1. The van der Waals surface area contributed by atoms with Crippen molar-refractivity contribution in [1.82, 2.24) is 9.88 Å². The van der Waals surface area contributed by atoms with Crippen LogP contribution in [-0.2, 0) is 11.3 Å². The second-order valence-corrected chi connectivity index (χ2v) is 5.14. The van der Waals surface area contributed by atoms with Gasteiger partial charge in [-0.05, 0) is 19.2 Å². The van der Waals surface area contributed by atoms with Crippen molar-refractivity contribution in [1.29, 1.82) is 0 Å². The fourth-order valence-electron chi connectivity index (χ4n) is 2.37. The van der Waals surface area contributed by atoms with Crippen molar-refractivity contribution in [2.24, 2.45) is 5.84 Å². The highest BCUT2D eigenvalue weighted by Crippen LogP contribution is 2.21. The number of rotatable bonds is 7. The van der Waals surface area contributed by atoms with E-state index in [1.54, 1.807) is 7.11 Å². The molecule has 1 atom stereocenters. The van der Waals surface area contributed by atoms with E-state index < -0.39 is 6.10 Å². The first-order valence-corrected chi connectivity index (χ1v) is 6.85. The van der Waals surface area contributed by atoms with Crippen LogP contribution in [-0.4, -0.2) is 48.4 Å². The molecular weight excluding hydrogens is 268 g/mol. The maximum Gasteiger partial charge on any atom is 0.145 e. The largest absolute Gasteiger partial charge is 0.389 e. The number of pyridine rings is 1. The summed E-state index contributed by atoms with van der Waals surface area (Å²) in [6.45, 7) is 1.48. The van der Waals surface area contributed by atoms with Crippen LogP contribution in [0.2, 0.25) is 0 Å². The van der Waals surface area contributed by atoms with Crippen molar-refractivity contribution in [2.45, 2.75) is 12.6 Å². The van der Waals surface area contributed by atoms with Gasteiger partial charge < -0.3 is 15.3 Å². The topological polar surface area (TPSA) is 83.6 Å². The SMILES string of the molecule is COCC(O)CN(C)Cc1cc2ccccc2nc1NN. The molecule has 0 saturated heterocycles. The Morgan fingerprint density at radius 2 is 2.19 bits per heavy atom. The number of aromatic nitrogens is 1. The number of aliphatic hydroxyl groups excluding tert-OH is 1. The maximum atomic E-state index is 9.77. The Morgan fingerprint density at radius 1 is 1.43 bits per heavy atom. The summed E-state index contributed by atoms with van der Waals surface area (Å²) in [6.07, 6.45) is -0.511. The predicted molar refractivity (Wildman–Crippen MR) is 83.8 cm³/mol. The number of anilines is 1. The monoisotopic (exact) mass is 290 g/mol. The molecule has 6 nitrogen and oxygen atoms in total. The Bertz CT molecular complexity index is 591. The van der Waals surface area contributed by atoms with E-state index in [1.165, 1.54) is 0 Å². The third-order valence-corrected chi connectivity index (χ3v) is 3.26. The molecular formula is C15H22N4O2. The molecule has 21 heavy (non-hydrogen) atoms. The summed E-state index contributed by atoms with van der Waals surface area (Å²) in [5.74, 6) is 6.22. The molecule has 1 unspecified atom stereocenters. The van der Waals surface area contributed by atoms with Crippen LogP contribution >= 0.6 is 0 Å². The average molecular weight is 290 g/mol. The van der Waals surface area contributed by atoms with Gasteiger partial charge >= 0.3 is 0 Å². The third kappa shape index (κ3) is 4.12. The van der Waals surface area contributed by atoms with Crippen LogP contribution in [0.1, 0.15) is 5.56 Å². The number of aliphatic hydroxyl groups is 1. The molecule has 114 valence electrons. The van der Waals surface area contributed by atoms with Crippen LogP contribution in [0.25, 0.3) is 10.9 Å². The number of para-hydroxylation sites is 1. The van der Waals surface area contributed by atoms with Crippen molar-refractivity contribution in [3.63, 3.8) is 0 Å². The van der Waals surface area contributed by atoms with Crippen LogP contribution in [0.4, 0.5) is 5.82 Å². The highest BCUT2D eigenvalue weighted by atomic mass is 16.5. The number of nitrogen functional groups attached to an aromatic ring is 1. The van der Waals surface area contributed by atoms with Gasteiger partial charge in [-0.2, -0.15) is 0 Å². The first-order valence-electron chi connectivity index (χ1n) is 6.85. The smallest absolute Gasteiger partial charge is 0.145 e. The molecule has 2 aromatic rings. The van der Waals surface area contributed by atoms with Crippen molar-refractivity contribution < 1.29 is 9.84 Å². The van der Waals surface area contributed by atoms with Crippen molar-refractivity contribution in [2.75, 3.05) is 32.7 Å². The summed E-state index contributed by atoms with van der Waals surface area (Å²) >= 11 is 0. The Kier molecular flexibility index (Phi) is 5.46. The highest BCUT2D eigenvalue weighted by molar-refractivity contribution is 5.81. The zero-order valence-corrected chi connectivity index (χ0v) is 12.4. The Labute approximate surface area is 124 Å². The Morgan fingerprint density at radius 3 is 2.90 bits per heavy atom. The number of nitrogens with one attached hydrogen (secondary N) is 1. The summed E-state index contributed by atoms with van der Waals surface area (Å²) in [6, 6.07) is 9.96. The molecule has 0 spiro atoms. The van der Waals surface area contributed by atoms with Crippen LogP contribution in [0.3, 0.4) is 0 Å². The number of nitrogens with two attached hydrogens (primary N) is 1. The summed E-state index contributed by atoms with van der Waals surface area (Å²) < 4.78 is 4.94. The minimum absolute atomic E-state index is 0.322. The normalized spacial score (nSPS) is 12.8. The van der Waals surface area contributed by atoms with Gasteiger partial charge in [0.05, 0.1) is 18.2 Å². The minimum Gasteiger partial charge on any atom is -0.389 e. The zero-order chi connectivity index (χ0) is 15.2. The average Bonchev–Trinajstić information content (AvgIpc) is 2.46. The van der Waals surface area contributed by atoms with E-state index in [2.05, 4.69) is 16.5 Å². The molecule has 1 heterocycles. The lowest BCUT2D eigenvalue weighted by molar-refractivity contribution is 0.0419. The third-order valence-electron chi connectivity index (χ3n) is 3.26. The lowest BCUT2D eigenvalue weighted by Crippen LogP contribution is -2.32. The van der Waals surface area contributed by atoms with Crippen LogP contribution in [0.5, 0.6) is 0 Å². The molecule has 0 aliphatic carbocycles. The summed E-state index contributed by atoms with van der Waals surface area (Å²) in [7, 11) is 3.52. The lowest BCUT2D eigenvalue weighted by atomic mass is 10.1. The second-order valence-electron chi connectivity index (χ2n) is 5.14. The van der Waals surface area contributed by atoms with E-state index >= 15 is 0 Å². The van der Waals surface area contributed by atoms with E-state index in [-0.39, 0.29) is 0 Å². The maximum absolute atomic E-state index is 9.77. The second kappa shape index (κ2) is 7.33. The van der Waals surface area contributed by atoms with Crippen molar-refractivity contribution >= 4 is 16.7 Å². The van der Waals surface area contributed by atoms with Gasteiger partial charge in [-0.25, -0.2) is 10.8 Å². The molecule has 0 aliphatic rings. The molecule has 1 aromatic carbocycles. The fourth-order valence-corrected chi connectivity index (χ4v) is 2.37. The Hall–Kier alpha value is -1.73. The number of benzene rings is 1. The first kappa shape index (κ1) is 15.7. The number of ether oxygens (including phenoxy) is 1. The van der Waals surface area contributed by atoms with E-state index in [0.29, 0.717) is 25.5 Å². The van der Waals surface area contributed by atoms with Gasteiger partial charge in [0.2, 0.25) is 0 Å². The minimum atomic E-state index is -0.511. The molecule has 1 aromatic heterocycles. The van der Waals surface area contributed by atoms with E-state index in [0.717, 1.165) is 16.5 Å². The van der Waals surface area contributed by atoms with Crippen molar-refractivity contribution in [3.05, 3.63) is 35.9 Å². The number of nitrogens with zero attached hydrogens (tertiary/aromatic N) is 2. The van der Waals surface area contributed by atoms with Gasteiger partial charge in [0.1, 0.15) is 5.82 Å². The number of hydrogen-bond acceptors (Lipinski definition) is 6. The Balaban J connectivity index is 2.16. The molecule has 6 heteroatoms. The fraction of sp³-hybridized carbons (Fsp3) is 0.400. The number of hydrogen-bond donors (Lipinski definition) is 3. The molecule has 2 rings (SSSR count). The van der Waals surface area contributed by atoms with Crippen LogP contribution in [0, 0.1) is 0 Å². The summed E-state index contributed by atoms with van der Waals surface area (Å²) in [5.41, 5.74) is 4.54. The van der Waals surface area contributed by atoms with Gasteiger partial charge in [0, 0.05) is 31.1 Å². The lowest BCUT2D eigenvalue weighted by Gasteiger charge is -2.21.